The summed E-state index contributed by atoms with van der Waals surface area (Å²) in [5.74, 6) is -3.93. The Morgan fingerprint density at radius 1 is 0.714 bits per heavy atom. The summed E-state index contributed by atoms with van der Waals surface area (Å²) in [4.78, 5) is 0. The minimum atomic E-state index is -5.12. The van der Waals surface area contributed by atoms with Crippen LogP contribution in [-0.4, -0.2) is 32.0 Å². The van der Waals surface area contributed by atoms with E-state index in [4.69, 9.17) is 14.2 Å². The first-order valence-corrected chi connectivity index (χ1v) is 14.5. The molecule has 1 aliphatic heterocycles. The monoisotopic (exact) mass is 604 g/mol. The normalized spacial score (nSPS) is 29.2. The molecule has 1 saturated heterocycles. The molecule has 42 heavy (non-hydrogen) atoms. The van der Waals surface area contributed by atoms with Crippen LogP contribution in [0.3, 0.4) is 0 Å². The van der Waals surface area contributed by atoms with E-state index in [9.17, 15) is 26.3 Å². The highest BCUT2D eigenvalue weighted by Crippen LogP contribution is 2.43. The Labute approximate surface area is 240 Å². The molecule has 2 saturated carbocycles. The third-order valence-corrected chi connectivity index (χ3v) is 8.89. The van der Waals surface area contributed by atoms with Gasteiger partial charge in [-0.05, 0) is 79.7 Å². The van der Waals surface area contributed by atoms with Crippen LogP contribution in [0, 0.1) is 29.4 Å². The first kappa shape index (κ1) is 30.9. The van der Waals surface area contributed by atoms with Crippen molar-refractivity contribution in [3.05, 3.63) is 59.2 Å². The van der Waals surface area contributed by atoms with E-state index in [0.29, 0.717) is 36.5 Å². The third kappa shape index (κ3) is 7.51. The topological polar surface area (TPSA) is 36.9 Å². The Bertz CT molecular complexity index is 1200. The van der Waals surface area contributed by atoms with Gasteiger partial charge in [-0.3, -0.25) is 0 Å². The van der Waals surface area contributed by atoms with Crippen molar-refractivity contribution < 1.29 is 49.7 Å². The maximum Gasteiger partial charge on any atom is 0.573 e. The number of rotatable bonds is 7. The minimum absolute atomic E-state index is 0.0814. The van der Waals surface area contributed by atoms with E-state index >= 15 is 4.39 Å². The van der Waals surface area contributed by atoms with Crippen molar-refractivity contribution in [2.24, 2.45) is 17.8 Å². The van der Waals surface area contributed by atoms with Crippen LogP contribution in [0.5, 0.6) is 11.5 Å². The molecule has 0 unspecified atom stereocenters. The summed E-state index contributed by atoms with van der Waals surface area (Å²) in [5.41, 5.74) is 1.59. The molecule has 3 fully saturated rings. The summed E-state index contributed by atoms with van der Waals surface area (Å²) in [6.45, 7) is 2.78. The van der Waals surface area contributed by atoms with Gasteiger partial charge in [-0.2, -0.15) is 8.78 Å². The van der Waals surface area contributed by atoms with Crippen molar-refractivity contribution >= 4 is 0 Å². The average Bonchev–Trinajstić information content (AvgIpc) is 2.94. The van der Waals surface area contributed by atoms with E-state index in [1.54, 1.807) is 6.07 Å². The Balaban J connectivity index is 1.10. The largest absolute Gasteiger partial charge is 0.573 e. The van der Waals surface area contributed by atoms with Crippen LogP contribution >= 0.6 is 0 Å². The predicted octanol–water partition coefficient (Wildman–Crippen LogP) is 9.09. The smallest absolute Gasteiger partial charge is 0.432 e. The lowest BCUT2D eigenvalue weighted by atomic mass is 9.79. The van der Waals surface area contributed by atoms with Crippen LogP contribution < -0.4 is 9.47 Å². The zero-order chi connectivity index (χ0) is 30.1. The first-order valence-electron chi connectivity index (χ1n) is 14.5. The molecule has 2 aromatic carbocycles. The van der Waals surface area contributed by atoms with Gasteiger partial charge in [-0.1, -0.05) is 31.9 Å². The average molecular weight is 605 g/mol. The molecule has 0 amide bonds. The van der Waals surface area contributed by atoms with Crippen molar-refractivity contribution in [2.45, 2.75) is 88.9 Å². The number of hydrogen-bond donors (Lipinski definition) is 0. The highest BCUT2D eigenvalue weighted by molar-refractivity contribution is 5.33. The van der Waals surface area contributed by atoms with Crippen molar-refractivity contribution in [1.29, 1.82) is 0 Å². The van der Waals surface area contributed by atoms with Gasteiger partial charge in [0.25, 0.3) is 0 Å². The quantitative estimate of drug-likeness (QED) is 0.296. The number of halogens is 7. The number of ether oxygens (including phenoxy) is 4. The molecule has 0 bridgehead atoms. The highest BCUT2D eigenvalue weighted by atomic mass is 19.4. The molecule has 0 N–H and O–H groups in total. The molecule has 3 aliphatic rings. The van der Waals surface area contributed by atoms with Crippen LogP contribution in [0.25, 0.3) is 0 Å². The van der Waals surface area contributed by atoms with Gasteiger partial charge in [0.1, 0.15) is 11.6 Å². The van der Waals surface area contributed by atoms with E-state index in [-0.39, 0.29) is 43.7 Å². The van der Waals surface area contributed by atoms with E-state index < -0.39 is 42.0 Å². The molecule has 2 aliphatic carbocycles. The Hall–Kier alpha value is -2.53. The van der Waals surface area contributed by atoms with Gasteiger partial charge in [0.2, 0.25) is 0 Å². The fourth-order valence-corrected chi connectivity index (χ4v) is 6.41. The molecule has 0 radical (unpaired) electrons. The van der Waals surface area contributed by atoms with Gasteiger partial charge in [0, 0.05) is 17.9 Å². The van der Waals surface area contributed by atoms with Gasteiger partial charge in [0.15, 0.2) is 17.9 Å². The Morgan fingerprint density at radius 3 is 1.98 bits per heavy atom. The maximum absolute atomic E-state index is 15.1. The Kier molecular flexibility index (Phi) is 9.27. The second-order valence-electron chi connectivity index (χ2n) is 11.9. The van der Waals surface area contributed by atoms with E-state index in [1.165, 1.54) is 0 Å². The molecule has 2 aromatic rings. The van der Waals surface area contributed by atoms with Crippen LogP contribution in [0.4, 0.5) is 30.7 Å². The highest BCUT2D eigenvalue weighted by Gasteiger charge is 2.46. The molecule has 1 heterocycles. The van der Waals surface area contributed by atoms with Crippen LogP contribution in [0.2, 0.25) is 0 Å². The van der Waals surface area contributed by atoms with Gasteiger partial charge in [-0.25, -0.2) is 8.78 Å². The van der Waals surface area contributed by atoms with Gasteiger partial charge in [-0.15, -0.1) is 13.2 Å². The first-order chi connectivity index (χ1) is 19.9. The molecule has 5 rings (SSSR count). The van der Waals surface area contributed by atoms with Gasteiger partial charge in [0.05, 0.1) is 19.1 Å². The molecule has 4 nitrogen and oxygen atoms in total. The molecule has 11 heteroatoms. The molecular formula is C31H35F7O4. The summed E-state index contributed by atoms with van der Waals surface area (Å²) in [5, 5.41) is 0. The molecule has 0 aromatic heterocycles. The SMILES string of the molecule is CC1CCC(c2ccc(C3COC(C4CCC(C(F)(F)Oc5ccc(OC(F)(F)F)c(F)c5)CC4)OC3)c(F)c2)CC1. The summed E-state index contributed by atoms with van der Waals surface area (Å²) in [6.07, 6.45) is -4.00. The van der Waals surface area contributed by atoms with Gasteiger partial charge >= 0.3 is 12.5 Å². The number of benzene rings is 2. The molecule has 0 atom stereocenters. The fourth-order valence-electron chi connectivity index (χ4n) is 6.41. The summed E-state index contributed by atoms with van der Waals surface area (Å²) in [7, 11) is 0. The minimum Gasteiger partial charge on any atom is -0.432 e. The standard InChI is InChI=1S/C31H35F7O4/c1-18-2-4-19(5-3-18)21-8-12-25(26(32)14-21)22-16-39-29(40-17-22)20-6-9-23(10-7-20)30(34,35)41-24-11-13-28(27(33)15-24)42-31(36,37)38/h8,11-15,18-20,22-23,29H,2-7,9-10,16-17H2,1H3. The summed E-state index contributed by atoms with van der Waals surface area (Å²) in [6, 6.07) is 7.31. The van der Waals surface area contributed by atoms with Crippen molar-refractivity contribution in [3.63, 3.8) is 0 Å². The molecule has 0 spiro atoms. The lowest BCUT2D eigenvalue weighted by Crippen LogP contribution is -2.41. The second kappa shape index (κ2) is 12.6. The molecule has 232 valence electrons. The zero-order valence-electron chi connectivity index (χ0n) is 23.3. The number of hydrogen-bond acceptors (Lipinski definition) is 4. The zero-order valence-corrected chi connectivity index (χ0v) is 23.3. The van der Waals surface area contributed by atoms with Crippen molar-refractivity contribution in [3.8, 4) is 11.5 Å². The fraction of sp³-hybridized carbons (Fsp3) is 0.613. The van der Waals surface area contributed by atoms with Crippen LogP contribution in [0.1, 0.15) is 81.3 Å². The van der Waals surface area contributed by atoms with Crippen molar-refractivity contribution in [1.82, 2.24) is 0 Å². The second-order valence-corrected chi connectivity index (χ2v) is 11.9. The lowest BCUT2D eigenvalue weighted by molar-refractivity contribution is -0.275. The number of alkyl halides is 5. The predicted molar refractivity (Wildman–Crippen MR) is 139 cm³/mol. The van der Waals surface area contributed by atoms with E-state index in [2.05, 4.69) is 11.7 Å². The van der Waals surface area contributed by atoms with Gasteiger partial charge < -0.3 is 18.9 Å². The van der Waals surface area contributed by atoms with Crippen molar-refractivity contribution in [2.75, 3.05) is 13.2 Å². The Morgan fingerprint density at radius 2 is 1.38 bits per heavy atom. The summed E-state index contributed by atoms with van der Waals surface area (Å²) < 4.78 is 116. The van der Waals surface area contributed by atoms with E-state index in [1.807, 2.05) is 12.1 Å². The van der Waals surface area contributed by atoms with Crippen LogP contribution in [0.15, 0.2) is 36.4 Å². The third-order valence-electron chi connectivity index (χ3n) is 8.89. The van der Waals surface area contributed by atoms with E-state index in [0.717, 1.165) is 43.2 Å². The molecular weight excluding hydrogens is 569 g/mol. The summed E-state index contributed by atoms with van der Waals surface area (Å²) >= 11 is 0. The maximum atomic E-state index is 15.1. The van der Waals surface area contributed by atoms with Crippen LogP contribution in [-0.2, 0) is 9.47 Å². The lowest BCUT2D eigenvalue weighted by Gasteiger charge is -2.39.